The van der Waals surface area contributed by atoms with Crippen LogP contribution in [-0.4, -0.2) is 27.2 Å². The first-order chi connectivity index (χ1) is 10.5. The monoisotopic (exact) mass is 370 g/mol. The van der Waals surface area contributed by atoms with E-state index in [0.717, 1.165) is 12.8 Å². The van der Waals surface area contributed by atoms with Crippen molar-refractivity contribution in [3.05, 3.63) is 44.4 Å². The Morgan fingerprint density at radius 1 is 1.55 bits per heavy atom. The molecule has 22 heavy (non-hydrogen) atoms. The number of amides is 1. The predicted molar refractivity (Wildman–Crippen MR) is 81.6 cm³/mol. The highest BCUT2D eigenvalue weighted by Crippen LogP contribution is 2.22. The SMILES string of the molecule is CCCCNC(=O)c1ccc(Cn2cc(Br)c([N+](=O)[O-])n2)o1. The lowest BCUT2D eigenvalue weighted by molar-refractivity contribution is -0.390. The van der Waals surface area contributed by atoms with E-state index in [0.29, 0.717) is 16.8 Å². The van der Waals surface area contributed by atoms with Crippen molar-refractivity contribution in [2.24, 2.45) is 0 Å². The molecule has 0 aliphatic carbocycles. The van der Waals surface area contributed by atoms with Crippen molar-refractivity contribution < 1.29 is 14.1 Å². The molecule has 0 bridgehead atoms. The molecule has 118 valence electrons. The molecule has 2 heterocycles. The van der Waals surface area contributed by atoms with Gasteiger partial charge in [0.15, 0.2) is 5.76 Å². The average Bonchev–Trinajstić information content (AvgIpc) is 3.06. The third kappa shape index (κ3) is 3.94. The maximum absolute atomic E-state index is 11.8. The molecule has 2 rings (SSSR count). The van der Waals surface area contributed by atoms with Gasteiger partial charge in [0.05, 0.1) is 11.3 Å². The molecule has 0 aliphatic heterocycles. The van der Waals surface area contributed by atoms with E-state index in [2.05, 4.69) is 26.3 Å². The van der Waals surface area contributed by atoms with Crippen LogP contribution in [0, 0.1) is 10.1 Å². The van der Waals surface area contributed by atoms with Crippen molar-refractivity contribution >= 4 is 27.7 Å². The Labute approximate surface area is 134 Å². The van der Waals surface area contributed by atoms with Gasteiger partial charge in [-0.05, 0) is 39.4 Å². The normalized spacial score (nSPS) is 10.6. The molecule has 2 aromatic heterocycles. The first kappa shape index (κ1) is 16.2. The number of carbonyl (C=O) groups excluding carboxylic acids is 1. The van der Waals surface area contributed by atoms with E-state index in [1.54, 1.807) is 12.1 Å². The lowest BCUT2D eigenvalue weighted by Gasteiger charge is -2.00. The minimum absolute atomic E-state index is 0.203. The topological polar surface area (TPSA) is 103 Å². The summed E-state index contributed by atoms with van der Waals surface area (Å²) in [7, 11) is 0. The van der Waals surface area contributed by atoms with Gasteiger partial charge >= 0.3 is 5.82 Å². The summed E-state index contributed by atoms with van der Waals surface area (Å²) in [4.78, 5) is 22.0. The van der Waals surface area contributed by atoms with Gasteiger partial charge in [0.25, 0.3) is 5.91 Å². The van der Waals surface area contributed by atoms with Gasteiger partial charge in [-0.3, -0.25) is 4.79 Å². The molecule has 0 spiro atoms. The van der Waals surface area contributed by atoms with E-state index in [1.807, 2.05) is 6.92 Å². The van der Waals surface area contributed by atoms with Crippen LogP contribution in [0.15, 0.2) is 27.2 Å². The summed E-state index contributed by atoms with van der Waals surface area (Å²) in [6, 6.07) is 3.22. The van der Waals surface area contributed by atoms with Gasteiger partial charge in [-0.1, -0.05) is 13.3 Å². The number of nitrogens with zero attached hydrogens (tertiary/aromatic N) is 3. The molecule has 0 unspecified atom stereocenters. The van der Waals surface area contributed by atoms with Crippen molar-refractivity contribution in [1.82, 2.24) is 15.1 Å². The smallest absolute Gasteiger partial charge is 0.404 e. The Bertz CT molecular complexity index is 679. The van der Waals surface area contributed by atoms with Crippen LogP contribution < -0.4 is 5.32 Å². The first-order valence-corrected chi connectivity index (χ1v) is 7.54. The number of carbonyl (C=O) groups is 1. The molecule has 0 radical (unpaired) electrons. The highest BCUT2D eigenvalue weighted by atomic mass is 79.9. The highest BCUT2D eigenvalue weighted by molar-refractivity contribution is 9.10. The number of furan rings is 1. The maximum atomic E-state index is 11.8. The molecular weight excluding hydrogens is 356 g/mol. The lowest BCUT2D eigenvalue weighted by Crippen LogP contribution is -2.23. The van der Waals surface area contributed by atoms with Crippen LogP contribution in [0.2, 0.25) is 0 Å². The van der Waals surface area contributed by atoms with E-state index in [-0.39, 0.29) is 24.0 Å². The second-order valence-electron chi connectivity index (χ2n) is 4.63. The van der Waals surface area contributed by atoms with Crippen LogP contribution in [-0.2, 0) is 6.54 Å². The molecule has 0 aromatic carbocycles. The van der Waals surface area contributed by atoms with Crippen molar-refractivity contribution in [2.45, 2.75) is 26.3 Å². The van der Waals surface area contributed by atoms with Crippen LogP contribution in [0.4, 0.5) is 5.82 Å². The summed E-state index contributed by atoms with van der Waals surface area (Å²) < 4.78 is 7.10. The summed E-state index contributed by atoms with van der Waals surface area (Å²) in [6.07, 6.45) is 3.39. The summed E-state index contributed by atoms with van der Waals surface area (Å²) in [6.45, 7) is 2.84. The minimum Gasteiger partial charge on any atom is -0.454 e. The Morgan fingerprint density at radius 2 is 2.32 bits per heavy atom. The van der Waals surface area contributed by atoms with Gasteiger partial charge in [0.1, 0.15) is 16.8 Å². The number of nitrogens with one attached hydrogen (secondary N) is 1. The Balaban J connectivity index is 2.01. The van der Waals surface area contributed by atoms with Crippen molar-refractivity contribution in [2.75, 3.05) is 6.54 Å². The molecule has 2 aromatic rings. The van der Waals surface area contributed by atoms with Crippen LogP contribution >= 0.6 is 15.9 Å². The molecule has 0 atom stereocenters. The Kier molecular flexibility index (Phi) is 5.31. The highest BCUT2D eigenvalue weighted by Gasteiger charge is 2.19. The molecule has 1 N–H and O–H groups in total. The van der Waals surface area contributed by atoms with Gasteiger partial charge in [0.2, 0.25) is 0 Å². The molecule has 0 saturated heterocycles. The number of hydrogen-bond acceptors (Lipinski definition) is 5. The van der Waals surface area contributed by atoms with Gasteiger partial charge in [-0.15, -0.1) is 0 Å². The van der Waals surface area contributed by atoms with E-state index in [1.165, 1.54) is 10.9 Å². The van der Waals surface area contributed by atoms with Crippen molar-refractivity contribution in [1.29, 1.82) is 0 Å². The Morgan fingerprint density at radius 3 is 2.95 bits per heavy atom. The summed E-state index contributed by atoms with van der Waals surface area (Å²) in [5, 5.41) is 17.3. The average molecular weight is 371 g/mol. The van der Waals surface area contributed by atoms with Gasteiger partial charge in [0, 0.05) is 6.54 Å². The third-order valence-corrected chi connectivity index (χ3v) is 3.45. The number of halogens is 1. The Hall–Kier alpha value is -2.16. The van der Waals surface area contributed by atoms with Crippen molar-refractivity contribution in [3.8, 4) is 0 Å². The zero-order valence-electron chi connectivity index (χ0n) is 11.9. The molecule has 1 amide bonds. The molecule has 0 fully saturated rings. The molecular formula is C13H15BrN4O4. The quantitative estimate of drug-likeness (QED) is 0.458. The summed E-state index contributed by atoms with van der Waals surface area (Å²) >= 11 is 3.08. The van der Waals surface area contributed by atoms with Crippen LogP contribution in [0.3, 0.4) is 0 Å². The molecule has 9 heteroatoms. The fraction of sp³-hybridized carbons (Fsp3) is 0.385. The van der Waals surface area contributed by atoms with Crippen LogP contribution in [0.5, 0.6) is 0 Å². The second-order valence-corrected chi connectivity index (χ2v) is 5.49. The zero-order chi connectivity index (χ0) is 16.1. The number of hydrogen-bond donors (Lipinski definition) is 1. The van der Waals surface area contributed by atoms with Gasteiger partial charge < -0.3 is 19.8 Å². The van der Waals surface area contributed by atoms with Crippen LogP contribution in [0.1, 0.15) is 36.1 Å². The van der Waals surface area contributed by atoms with E-state index < -0.39 is 4.92 Å². The lowest BCUT2D eigenvalue weighted by atomic mass is 10.3. The molecule has 0 saturated carbocycles. The van der Waals surface area contributed by atoms with Crippen LogP contribution in [0.25, 0.3) is 0 Å². The maximum Gasteiger partial charge on any atom is 0.404 e. The standard InChI is InChI=1S/C13H15BrN4O4/c1-2-3-6-15-13(19)11-5-4-9(22-11)7-17-8-10(14)12(16-17)18(20)21/h4-5,8H,2-3,6-7H2,1H3,(H,15,19). The van der Waals surface area contributed by atoms with Gasteiger partial charge in [-0.2, -0.15) is 4.68 Å². The first-order valence-electron chi connectivity index (χ1n) is 6.75. The molecule has 8 nitrogen and oxygen atoms in total. The number of aromatic nitrogens is 2. The third-order valence-electron chi connectivity index (χ3n) is 2.89. The fourth-order valence-electron chi connectivity index (χ4n) is 1.80. The van der Waals surface area contributed by atoms with Gasteiger partial charge in [-0.25, -0.2) is 0 Å². The molecule has 0 aliphatic rings. The van der Waals surface area contributed by atoms with E-state index in [4.69, 9.17) is 4.42 Å². The zero-order valence-corrected chi connectivity index (χ0v) is 13.5. The van der Waals surface area contributed by atoms with E-state index >= 15 is 0 Å². The summed E-state index contributed by atoms with van der Waals surface area (Å²) in [5.41, 5.74) is 0. The largest absolute Gasteiger partial charge is 0.454 e. The number of rotatable bonds is 7. The number of nitro groups is 1. The summed E-state index contributed by atoms with van der Waals surface area (Å²) in [5.74, 6) is 0.175. The fourth-order valence-corrected chi connectivity index (χ4v) is 2.26. The minimum atomic E-state index is -0.574. The van der Waals surface area contributed by atoms with E-state index in [9.17, 15) is 14.9 Å². The number of unbranched alkanes of at least 4 members (excludes halogenated alkanes) is 1. The van der Waals surface area contributed by atoms with Crippen molar-refractivity contribution in [3.63, 3.8) is 0 Å². The predicted octanol–water partition coefficient (Wildman–Crippen LogP) is 2.73. The second kappa shape index (κ2) is 7.21.